The van der Waals surface area contributed by atoms with Crippen LogP contribution in [0.15, 0.2) is 103 Å². The molecule has 28 nitrogen and oxygen atoms in total. The third kappa shape index (κ3) is 15.6. The Labute approximate surface area is 565 Å². The lowest BCUT2D eigenvalue weighted by molar-refractivity contribution is -0.143. The summed E-state index contributed by atoms with van der Waals surface area (Å²) in [5, 5.41) is 96.1. The zero-order valence-electron chi connectivity index (χ0n) is 54.0. The molecule has 9 amide bonds. The molecule has 0 radical (unpaired) electrons. The van der Waals surface area contributed by atoms with Crippen LogP contribution in [-0.4, -0.2) is 140 Å². The van der Waals surface area contributed by atoms with Gasteiger partial charge in [0.1, 0.15) is 89.0 Å². The minimum absolute atomic E-state index is 0.0424. The summed E-state index contributed by atoms with van der Waals surface area (Å²) in [5.74, 6) is -15.8. The van der Waals surface area contributed by atoms with Crippen LogP contribution in [-0.2, 0) is 49.7 Å². The van der Waals surface area contributed by atoms with Gasteiger partial charge in [-0.3, -0.25) is 43.2 Å². The van der Waals surface area contributed by atoms with Crippen LogP contribution >= 0.6 is 11.6 Å². The quantitative estimate of drug-likeness (QED) is 0.0645. The first kappa shape index (κ1) is 71.5. The van der Waals surface area contributed by atoms with Crippen molar-refractivity contribution in [2.24, 2.45) is 17.6 Å². The maximum atomic E-state index is 15.9. The van der Waals surface area contributed by atoms with Crippen LogP contribution in [0.25, 0.3) is 11.1 Å². The van der Waals surface area contributed by atoms with Crippen LogP contribution in [0.3, 0.4) is 0 Å². The third-order valence-electron chi connectivity index (χ3n) is 16.9. The number of amides is 9. The highest BCUT2D eigenvalue weighted by atomic mass is 35.5. The number of rotatable bonds is 15. The molecule has 0 saturated carbocycles. The van der Waals surface area contributed by atoms with E-state index in [0.717, 1.165) is 42.5 Å². The number of phenolic OH excluding ortho intramolecular Hbond substituents is 4. The SMILES string of the molecule is CNC(=O)C1NC(=O)C2NC(=O)C(NC(=O)C3NC(=O)C(CC(N)=O)NC(=O)C(NC(=O)C(CC(C)C)N(C)C(=O)C(CC(C)C)NC)C(O)c4ccc(c(Cl)c4)Oc4cc3cc(c4O)Oc3ccc(cc3)C2O)c2cccc(O)c2-c2c1cc(O)c(NCc1ccc(F)cc1)c2O. The molecular formula is C68H75ClFN11O17. The lowest BCUT2D eigenvalue weighted by Gasteiger charge is -2.34. The van der Waals surface area contributed by atoms with Crippen molar-refractivity contribution in [3.05, 3.63) is 147 Å². The van der Waals surface area contributed by atoms with Crippen LogP contribution in [0.1, 0.15) is 111 Å². The van der Waals surface area contributed by atoms with Crippen molar-refractivity contribution in [1.82, 2.24) is 47.4 Å². The summed E-state index contributed by atoms with van der Waals surface area (Å²) in [6.45, 7) is 7.20. The smallest absolute Gasteiger partial charge is 0.248 e. The Morgan fingerprint density at radius 2 is 1.30 bits per heavy atom. The van der Waals surface area contributed by atoms with Gasteiger partial charge in [0.05, 0.1) is 17.5 Å². The van der Waals surface area contributed by atoms with E-state index in [4.69, 9.17) is 26.8 Å². The predicted molar refractivity (Wildman–Crippen MR) is 351 cm³/mol. The molecule has 0 spiro atoms. The van der Waals surface area contributed by atoms with Crippen LogP contribution < -0.4 is 63.1 Å². The van der Waals surface area contributed by atoms with Crippen molar-refractivity contribution >= 4 is 70.5 Å². The number of hydrogen-bond acceptors (Lipinski definition) is 19. The number of ether oxygens (including phenoxy) is 2. The molecule has 6 aromatic carbocycles. The van der Waals surface area contributed by atoms with E-state index >= 15 is 19.2 Å². The molecule has 10 atom stereocenters. The number of carbonyl (C=O) groups is 9. The molecule has 0 aliphatic carbocycles. The van der Waals surface area contributed by atoms with E-state index < -0.39 is 188 Å². The van der Waals surface area contributed by atoms with Crippen molar-refractivity contribution in [3.8, 4) is 57.1 Å². The molecule has 6 aromatic rings. The highest BCUT2D eigenvalue weighted by Gasteiger charge is 2.44. The van der Waals surface area contributed by atoms with E-state index in [1.54, 1.807) is 20.9 Å². The zero-order chi connectivity index (χ0) is 71.3. The van der Waals surface area contributed by atoms with Crippen molar-refractivity contribution in [2.45, 2.75) is 114 Å². The van der Waals surface area contributed by atoms with Crippen molar-refractivity contribution in [2.75, 3.05) is 26.5 Å². The number of nitrogens with zero attached hydrogens (tertiary/aromatic N) is 1. The van der Waals surface area contributed by atoms with Crippen molar-refractivity contribution in [1.29, 1.82) is 0 Å². The second-order valence-electron chi connectivity index (χ2n) is 24.7. The lowest BCUT2D eigenvalue weighted by atomic mass is 9.86. The molecule has 9 bridgehead atoms. The van der Waals surface area contributed by atoms with E-state index in [0.29, 0.717) is 12.0 Å². The molecule has 5 aliphatic heterocycles. The average molecular weight is 1370 g/mol. The van der Waals surface area contributed by atoms with Crippen LogP contribution in [0, 0.1) is 17.7 Å². The minimum Gasteiger partial charge on any atom is -0.507 e. The van der Waals surface area contributed by atoms with Crippen molar-refractivity contribution in [3.63, 3.8) is 0 Å². The van der Waals surface area contributed by atoms with E-state index in [2.05, 4.69) is 47.9 Å². The molecule has 5 aliphatic rings. The number of primary amides is 1. The van der Waals surface area contributed by atoms with E-state index in [9.17, 15) is 59.0 Å². The van der Waals surface area contributed by atoms with Gasteiger partial charge in [-0.05, 0) is 126 Å². The average Bonchev–Trinajstić information content (AvgIpc) is 1.12. The number of fused-ring (bicyclic) bond motifs is 14. The van der Waals surface area contributed by atoms with Gasteiger partial charge in [-0.15, -0.1) is 0 Å². The zero-order valence-corrected chi connectivity index (χ0v) is 54.8. The number of aromatic hydroxyl groups is 4. The predicted octanol–water partition coefficient (Wildman–Crippen LogP) is 4.03. The fraction of sp³-hybridized carbons (Fsp3) is 0.338. The Morgan fingerprint density at radius 3 is 1.93 bits per heavy atom. The number of hydrogen-bond donors (Lipinski definition) is 16. The fourth-order valence-corrected chi connectivity index (χ4v) is 12.1. The van der Waals surface area contributed by atoms with Gasteiger partial charge < -0.3 is 98.6 Å². The van der Waals surface area contributed by atoms with Crippen LogP contribution in [0.2, 0.25) is 5.02 Å². The number of halogens is 2. The van der Waals surface area contributed by atoms with Gasteiger partial charge in [-0.25, -0.2) is 4.39 Å². The normalized spacial score (nSPS) is 20.7. The second-order valence-corrected chi connectivity index (χ2v) is 25.1. The Balaban J connectivity index is 1.24. The van der Waals surface area contributed by atoms with Crippen LogP contribution in [0.5, 0.6) is 46.0 Å². The maximum Gasteiger partial charge on any atom is 0.248 e. The van der Waals surface area contributed by atoms with E-state index in [-0.39, 0.29) is 58.0 Å². The van der Waals surface area contributed by atoms with Gasteiger partial charge in [0.15, 0.2) is 17.2 Å². The summed E-state index contributed by atoms with van der Waals surface area (Å²) in [6.07, 6.45) is -4.74. The second kappa shape index (κ2) is 30.1. The highest BCUT2D eigenvalue weighted by Crippen LogP contribution is 2.52. The maximum absolute atomic E-state index is 15.9. The van der Waals surface area contributed by atoms with Gasteiger partial charge in [-0.1, -0.05) is 81.8 Å². The Kier molecular flexibility index (Phi) is 22.0. The summed E-state index contributed by atoms with van der Waals surface area (Å²) >= 11 is 6.91. The fourth-order valence-electron chi connectivity index (χ4n) is 11.8. The van der Waals surface area contributed by atoms with Gasteiger partial charge in [-0.2, -0.15) is 0 Å². The first-order valence-corrected chi connectivity index (χ1v) is 31.5. The number of likely N-dealkylation sites (N-methyl/N-ethyl adjacent to an activating group) is 3. The van der Waals surface area contributed by atoms with Gasteiger partial charge in [0.2, 0.25) is 58.9 Å². The van der Waals surface area contributed by atoms with Gasteiger partial charge >= 0.3 is 0 Å². The lowest BCUT2D eigenvalue weighted by Crippen LogP contribution is -2.60. The van der Waals surface area contributed by atoms with E-state index in [1.165, 1.54) is 79.7 Å². The topological polar surface area (TPSA) is 431 Å². The van der Waals surface area contributed by atoms with Gasteiger partial charge in [0, 0.05) is 31.8 Å². The monoisotopic (exact) mass is 1370 g/mol. The number of phenols is 4. The summed E-state index contributed by atoms with van der Waals surface area (Å²) in [7, 11) is 4.19. The number of anilines is 1. The number of aliphatic hydroxyl groups is 2. The molecule has 0 saturated heterocycles. The number of aliphatic hydroxyl groups excluding tert-OH is 2. The minimum atomic E-state index is -2.27. The number of nitrogens with one attached hydrogen (secondary N) is 9. The molecule has 5 heterocycles. The number of carbonyl (C=O) groups excluding carboxylic acids is 9. The Bertz CT molecular complexity index is 4110. The summed E-state index contributed by atoms with van der Waals surface area (Å²) < 4.78 is 26.5. The summed E-state index contributed by atoms with van der Waals surface area (Å²) in [5.41, 5.74) is 3.16. The highest BCUT2D eigenvalue weighted by molar-refractivity contribution is 6.32. The van der Waals surface area contributed by atoms with Crippen molar-refractivity contribution < 1.29 is 87.7 Å². The molecule has 17 N–H and O–H groups in total. The Morgan fingerprint density at radius 1 is 0.653 bits per heavy atom. The van der Waals surface area contributed by atoms with Crippen LogP contribution in [0.4, 0.5) is 10.1 Å². The summed E-state index contributed by atoms with van der Waals surface area (Å²) in [4.78, 5) is 134. The largest absolute Gasteiger partial charge is 0.507 e. The molecule has 11 rings (SSSR count). The molecule has 10 unspecified atom stereocenters. The standard InChI is InChI=1S/C68H75ClFN11O17/c1-29(2)21-41(72-5)68(96)81(7)42(22-30(3)4)62(90)79-56-58(86)33-15-20-45(39(69)23-33)98-47-25-34-24-46(59(47)87)97-36-18-13-32(14-19-36)57(85)55-67(95)78-53(63(91)73-6)38-26-44(83)54(74-28-31-11-16-35(70)17-12-31)60(88)50(38)49-37(9-8-10-43(49)82)52(65(93)80-55)77-64(92)51(34)76-61(89)40(27-48(71)84)75-66(56)94/h8-20,23-26,29-30,40-42,51-53,55-58,72,74,82-83,85-88H,21-22,27-28H2,1-7H3,(H2,71,84)(H,73,91)(H,75,94)(H,76,89)(H,77,92)(H,78,95)(H,79,90)(H,80,93). The molecular weight excluding hydrogens is 1300 g/mol. The molecule has 0 aromatic heterocycles. The third-order valence-corrected chi connectivity index (χ3v) is 17.2. The van der Waals surface area contributed by atoms with E-state index in [1.807, 2.05) is 13.8 Å². The molecule has 0 fully saturated rings. The molecule has 30 heteroatoms. The Hall–Kier alpha value is -10.8. The first-order valence-electron chi connectivity index (χ1n) is 31.1. The first-order chi connectivity index (χ1) is 46.5. The molecule has 518 valence electrons. The molecule has 98 heavy (non-hydrogen) atoms. The number of benzene rings is 6. The number of nitrogens with two attached hydrogens (primary N) is 1. The summed E-state index contributed by atoms with van der Waals surface area (Å²) in [6, 6.07) is 5.53. The van der Waals surface area contributed by atoms with Gasteiger partial charge in [0.25, 0.3) is 0 Å².